The van der Waals surface area contributed by atoms with Gasteiger partial charge in [-0.05, 0) is 72.3 Å². The van der Waals surface area contributed by atoms with E-state index < -0.39 is 15.7 Å². The molecule has 0 spiro atoms. The van der Waals surface area contributed by atoms with Crippen molar-refractivity contribution in [3.05, 3.63) is 33.4 Å². The van der Waals surface area contributed by atoms with Crippen LogP contribution in [0.5, 0.6) is 0 Å². The summed E-state index contributed by atoms with van der Waals surface area (Å²) in [6, 6.07) is 0. The molecule has 0 aliphatic heterocycles. The lowest BCUT2D eigenvalue weighted by atomic mass is 9.89. The van der Waals surface area contributed by atoms with Gasteiger partial charge in [0.2, 0.25) is 0 Å². The van der Waals surface area contributed by atoms with Crippen LogP contribution in [-0.4, -0.2) is 15.7 Å². The predicted octanol–water partition coefficient (Wildman–Crippen LogP) is 3.75. The second-order valence-corrected chi connectivity index (χ2v) is 4.85. The van der Waals surface area contributed by atoms with Crippen LogP contribution in [0.4, 0.5) is 0 Å². The van der Waals surface area contributed by atoms with Crippen LogP contribution in [0.15, 0.2) is 0 Å². The topological polar surface area (TPSA) is 51.2 Å². The fourth-order valence-electron chi connectivity index (χ4n) is 2.10. The average Bonchev–Trinajstić information content (AvgIpc) is 2.14. The summed E-state index contributed by atoms with van der Waals surface area (Å²) >= 11 is 16.4. The molecule has 6 heteroatoms. The number of benzene rings is 1. The largest absolute Gasteiger partial charge is 0.276 e. The van der Waals surface area contributed by atoms with Gasteiger partial charge >= 0.3 is 0 Å². The molecule has 0 atom stereocenters. The van der Waals surface area contributed by atoms with Crippen LogP contribution in [0.3, 0.4) is 0 Å². The van der Waals surface area contributed by atoms with Gasteiger partial charge in [-0.1, -0.05) is 0 Å². The van der Waals surface area contributed by atoms with Crippen LogP contribution in [0.2, 0.25) is 0 Å². The molecular formula is C12H9Cl3O3. The lowest BCUT2D eigenvalue weighted by Crippen LogP contribution is -2.12. The highest BCUT2D eigenvalue weighted by atomic mass is 35.5. The Morgan fingerprint density at radius 3 is 0.889 bits per heavy atom. The highest BCUT2D eigenvalue weighted by Gasteiger charge is 2.25. The first-order valence-electron chi connectivity index (χ1n) is 4.93. The zero-order chi connectivity index (χ0) is 14.2. The second-order valence-electron chi connectivity index (χ2n) is 3.82. The van der Waals surface area contributed by atoms with Crippen LogP contribution in [-0.2, 0) is 0 Å². The second kappa shape index (κ2) is 5.39. The molecule has 0 bridgehead atoms. The van der Waals surface area contributed by atoms with Crippen molar-refractivity contribution in [3.8, 4) is 0 Å². The van der Waals surface area contributed by atoms with Gasteiger partial charge in [0.05, 0.1) is 0 Å². The maximum Gasteiger partial charge on any atom is 0.252 e. The monoisotopic (exact) mass is 306 g/mol. The normalized spacial score (nSPS) is 10.3. The van der Waals surface area contributed by atoms with E-state index in [9.17, 15) is 14.4 Å². The third kappa shape index (κ3) is 2.44. The Labute approximate surface area is 119 Å². The Balaban J connectivity index is 3.94. The maximum atomic E-state index is 11.4. The summed E-state index contributed by atoms with van der Waals surface area (Å²) in [6.07, 6.45) is 0. The number of hydrogen-bond donors (Lipinski definition) is 0. The van der Waals surface area contributed by atoms with Gasteiger partial charge in [0.25, 0.3) is 15.7 Å². The Morgan fingerprint density at radius 2 is 0.778 bits per heavy atom. The summed E-state index contributed by atoms with van der Waals surface area (Å²) in [5, 5.41) is -2.28. The smallest absolute Gasteiger partial charge is 0.252 e. The molecule has 96 valence electrons. The van der Waals surface area contributed by atoms with Gasteiger partial charge in [-0.25, -0.2) is 0 Å². The SMILES string of the molecule is Cc1c(C(=O)Cl)c(C)c(C(=O)Cl)c(C)c1C(=O)Cl. The highest BCUT2D eigenvalue weighted by molar-refractivity contribution is 6.71. The predicted molar refractivity (Wildman–Crippen MR) is 71.2 cm³/mol. The minimum Gasteiger partial charge on any atom is -0.276 e. The molecule has 18 heavy (non-hydrogen) atoms. The molecule has 0 aromatic heterocycles. The molecule has 0 N–H and O–H groups in total. The molecule has 0 saturated heterocycles. The first kappa shape index (κ1) is 15.2. The minimum absolute atomic E-state index is 0.0928. The molecule has 0 heterocycles. The van der Waals surface area contributed by atoms with Gasteiger partial charge in [-0.2, -0.15) is 0 Å². The molecule has 3 nitrogen and oxygen atoms in total. The van der Waals surface area contributed by atoms with E-state index in [0.29, 0.717) is 16.7 Å². The van der Waals surface area contributed by atoms with Crippen LogP contribution in [0, 0.1) is 20.8 Å². The first-order valence-corrected chi connectivity index (χ1v) is 6.06. The fourth-order valence-corrected chi connectivity index (χ4v) is 2.95. The van der Waals surface area contributed by atoms with E-state index in [1.165, 1.54) is 0 Å². The van der Waals surface area contributed by atoms with E-state index in [4.69, 9.17) is 34.8 Å². The van der Waals surface area contributed by atoms with Crippen molar-refractivity contribution in [2.45, 2.75) is 20.8 Å². The molecule has 0 saturated carbocycles. The van der Waals surface area contributed by atoms with Crippen molar-refractivity contribution in [2.75, 3.05) is 0 Å². The molecule has 0 radical (unpaired) electrons. The minimum atomic E-state index is -0.761. The summed E-state index contributed by atoms with van der Waals surface area (Å²) in [5.41, 5.74) is 1.34. The molecule has 0 amide bonds. The molecule has 1 aromatic carbocycles. The third-order valence-corrected chi connectivity index (χ3v) is 3.41. The number of halogens is 3. The Kier molecular flexibility index (Phi) is 4.54. The Morgan fingerprint density at radius 1 is 0.611 bits per heavy atom. The number of rotatable bonds is 3. The highest BCUT2D eigenvalue weighted by Crippen LogP contribution is 2.30. The quantitative estimate of drug-likeness (QED) is 0.799. The van der Waals surface area contributed by atoms with E-state index in [2.05, 4.69) is 0 Å². The van der Waals surface area contributed by atoms with Gasteiger partial charge in [-0.15, -0.1) is 0 Å². The van der Waals surface area contributed by atoms with Gasteiger partial charge in [-0.3, -0.25) is 14.4 Å². The number of hydrogen-bond acceptors (Lipinski definition) is 3. The lowest BCUT2D eigenvalue weighted by molar-refractivity contribution is 0.107. The fraction of sp³-hybridized carbons (Fsp3) is 0.250. The van der Waals surface area contributed by atoms with Crippen molar-refractivity contribution in [1.82, 2.24) is 0 Å². The molecule has 0 aliphatic rings. The first-order chi connectivity index (χ1) is 8.20. The van der Waals surface area contributed by atoms with Crippen molar-refractivity contribution in [2.24, 2.45) is 0 Å². The molecular weight excluding hydrogens is 298 g/mol. The Hall–Kier alpha value is -0.900. The standard InChI is InChI=1S/C12H9Cl3O3/c1-4-7(10(13)16)5(2)9(12(15)18)6(3)8(4)11(14)17/h1-3H3. The van der Waals surface area contributed by atoms with Gasteiger partial charge in [0, 0.05) is 16.7 Å². The van der Waals surface area contributed by atoms with Crippen molar-refractivity contribution < 1.29 is 14.4 Å². The van der Waals surface area contributed by atoms with Crippen LogP contribution in [0.1, 0.15) is 47.8 Å². The summed E-state index contributed by atoms with van der Waals surface area (Å²) in [5.74, 6) is 0. The van der Waals surface area contributed by atoms with Gasteiger partial charge < -0.3 is 0 Å². The number of carbonyl (C=O) groups is 3. The van der Waals surface area contributed by atoms with Crippen molar-refractivity contribution >= 4 is 50.5 Å². The zero-order valence-corrected chi connectivity index (χ0v) is 12.1. The van der Waals surface area contributed by atoms with E-state index in [1.807, 2.05) is 0 Å². The third-order valence-electron chi connectivity index (χ3n) is 2.84. The van der Waals surface area contributed by atoms with Crippen LogP contribution >= 0.6 is 34.8 Å². The van der Waals surface area contributed by atoms with Crippen LogP contribution < -0.4 is 0 Å². The summed E-state index contributed by atoms with van der Waals surface area (Å²) < 4.78 is 0. The lowest BCUT2D eigenvalue weighted by Gasteiger charge is -2.16. The van der Waals surface area contributed by atoms with E-state index in [1.54, 1.807) is 20.8 Å². The van der Waals surface area contributed by atoms with Crippen molar-refractivity contribution in [1.29, 1.82) is 0 Å². The van der Waals surface area contributed by atoms with E-state index in [0.717, 1.165) is 0 Å². The average molecular weight is 308 g/mol. The maximum absolute atomic E-state index is 11.4. The molecule has 0 unspecified atom stereocenters. The molecule has 0 fully saturated rings. The van der Waals surface area contributed by atoms with Crippen LogP contribution in [0.25, 0.3) is 0 Å². The van der Waals surface area contributed by atoms with E-state index >= 15 is 0 Å². The molecule has 1 aromatic rings. The summed E-state index contributed by atoms with van der Waals surface area (Å²) in [4.78, 5) is 34.2. The molecule has 0 aliphatic carbocycles. The van der Waals surface area contributed by atoms with E-state index in [-0.39, 0.29) is 16.7 Å². The van der Waals surface area contributed by atoms with Gasteiger partial charge in [0.1, 0.15) is 0 Å². The summed E-state index contributed by atoms with van der Waals surface area (Å²) in [7, 11) is 0. The van der Waals surface area contributed by atoms with Crippen molar-refractivity contribution in [3.63, 3.8) is 0 Å². The summed E-state index contributed by atoms with van der Waals surface area (Å²) in [6.45, 7) is 4.65. The zero-order valence-electron chi connectivity index (χ0n) is 9.86. The van der Waals surface area contributed by atoms with Gasteiger partial charge in [0.15, 0.2) is 0 Å². The molecule has 1 rings (SSSR count). The number of carbonyl (C=O) groups excluding carboxylic acids is 3. The Bertz CT molecular complexity index is 474.